The van der Waals surface area contributed by atoms with Crippen molar-refractivity contribution >= 4 is 27.6 Å². The van der Waals surface area contributed by atoms with Crippen LogP contribution in [0.3, 0.4) is 0 Å². The predicted octanol–water partition coefficient (Wildman–Crippen LogP) is 2.34. The molecule has 0 amide bonds. The molecule has 1 heterocycles. The Morgan fingerprint density at radius 3 is 2.94 bits per heavy atom. The molecule has 0 N–H and O–H groups in total. The van der Waals surface area contributed by atoms with Gasteiger partial charge in [0.15, 0.2) is 0 Å². The maximum absolute atomic E-state index is 13.1. The van der Waals surface area contributed by atoms with Gasteiger partial charge in [-0.05, 0) is 40.5 Å². The zero-order chi connectivity index (χ0) is 11.7. The van der Waals surface area contributed by atoms with Gasteiger partial charge in [0.25, 0.3) is 0 Å². The number of esters is 1. The molecule has 0 aliphatic carbocycles. The number of carbonyl (C=O) groups is 1. The smallest absolute Gasteiger partial charge is 0.328 e. The van der Waals surface area contributed by atoms with Crippen molar-refractivity contribution in [3.8, 4) is 0 Å². The van der Waals surface area contributed by atoms with Gasteiger partial charge in [0.2, 0.25) is 0 Å². The van der Waals surface area contributed by atoms with Crippen LogP contribution in [0.25, 0.3) is 0 Å². The summed E-state index contributed by atoms with van der Waals surface area (Å²) in [4.78, 5) is 13.2. The summed E-state index contributed by atoms with van der Waals surface area (Å²) in [6.45, 7) is 0.738. The van der Waals surface area contributed by atoms with Gasteiger partial charge < -0.3 is 9.64 Å². The van der Waals surface area contributed by atoms with Crippen LogP contribution in [0, 0.1) is 5.82 Å². The van der Waals surface area contributed by atoms with E-state index in [1.54, 1.807) is 6.07 Å². The fourth-order valence-electron chi connectivity index (χ4n) is 1.76. The van der Waals surface area contributed by atoms with Gasteiger partial charge in [0.1, 0.15) is 11.9 Å². The van der Waals surface area contributed by atoms with E-state index in [2.05, 4.69) is 20.7 Å². The van der Waals surface area contributed by atoms with Crippen molar-refractivity contribution in [2.45, 2.75) is 12.5 Å². The van der Waals surface area contributed by atoms with E-state index in [4.69, 9.17) is 0 Å². The van der Waals surface area contributed by atoms with Gasteiger partial charge in [-0.15, -0.1) is 0 Å². The van der Waals surface area contributed by atoms with Crippen LogP contribution < -0.4 is 4.90 Å². The summed E-state index contributed by atoms with van der Waals surface area (Å²) in [5.74, 6) is -0.587. The van der Waals surface area contributed by atoms with Crippen molar-refractivity contribution in [2.75, 3.05) is 18.6 Å². The minimum Gasteiger partial charge on any atom is -0.467 e. The van der Waals surface area contributed by atoms with Gasteiger partial charge in [-0.2, -0.15) is 0 Å². The fourth-order valence-corrected chi connectivity index (χ4v) is 2.24. The Kier molecular flexibility index (Phi) is 3.14. The molecule has 3 nitrogen and oxygen atoms in total. The van der Waals surface area contributed by atoms with E-state index < -0.39 is 0 Å². The Labute approximate surface area is 101 Å². The van der Waals surface area contributed by atoms with E-state index in [0.717, 1.165) is 17.4 Å². The molecule has 0 saturated carbocycles. The van der Waals surface area contributed by atoms with E-state index in [1.807, 2.05) is 4.90 Å². The second-order valence-electron chi connectivity index (χ2n) is 3.62. The highest BCUT2D eigenvalue weighted by Gasteiger charge is 2.36. The SMILES string of the molecule is COC(=O)C1CCN1c1cc(F)ccc1Br. The Hall–Kier alpha value is -1.10. The first-order valence-electron chi connectivity index (χ1n) is 4.93. The molecule has 1 aromatic rings. The van der Waals surface area contributed by atoms with E-state index in [-0.39, 0.29) is 17.8 Å². The summed E-state index contributed by atoms with van der Waals surface area (Å²) in [5.41, 5.74) is 0.696. The molecule has 0 spiro atoms. The Morgan fingerprint density at radius 1 is 1.62 bits per heavy atom. The van der Waals surface area contributed by atoms with E-state index in [9.17, 15) is 9.18 Å². The number of carbonyl (C=O) groups excluding carboxylic acids is 1. The second kappa shape index (κ2) is 4.41. The third-order valence-corrected chi connectivity index (χ3v) is 3.38. The predicted molar refractivity (Wildman–Crippen MR) is 61.9 cm³/mol. The number of benzene rings is 1. The van der Waals surface area contributed by atoms with Crippen LogP contribution in [0.4, 0.5) is 10.1 Å². The lowest BCUT2D eigenvalue weighted by atomic mass is 10.0. The van der Waals surface area contributed by atoms with Gasteiger partial charge in [-0.3, -0.25) is 0 Å². The highest BCUT2D eigenvalue weighted by Crippen LogP contribution is 2.33. The maximum Gasteiger partial charge on any atom is 0.328 e. The summed E-state index contributed by atoms with van der Waals surface area (Å²) >= 11 is 3.34. The molecular formula is C11H11BrFNO2. The monoisotopic (exact) mass is 287 g/mol. The first-order valence-corrected chi connectivity index (χ1v) is 5.72. The zero-order valence-corrected chi connectivity index (χ0v) is 10.3. The Morgan fingerprint density at radius 2 is 2.38 bits per heavy atom. The lowest BCUT2D eigenvalue weighted by Crippen LogP contribution is -2.53. The van der Waals surface area contributed by atoms with Gasteiger partial charge in [-0.25, -0.2) is 9.18 Å². The number of halogens is 2. The molecule has 1 atom stereocenters. The topological polar surface area (TPSA) is 29.5 Å². The third-order valence-electron chi connectivity index (χ3n) is 2.71. The molecule has 1 saturated heterocycles. The molecule has 1 aliphatic heterocycles. The second-order valence-corrected chi connectivity index (χ2v) is 4.47. The van der Waals surface area contributed by atoms with Gasteiger partial charge >= 0.3 is 5.97 Å². The maximum atomic E-state index is 13.1. The van der Waals surface area contributed by atoms with E-state index in [0.29, 0.717) is 5.69 Å². The summed E-state index contributed by atoms with van der Waals surface area (Å²) in [6, 6.07) is 4.14. The summed E-state index contributed by atoms with van der Waals surface area (Å²) < 4.78 is 18.6. The van der Waals surface area contributed by atoms with Gasteiger partial charge in [0.05, 0.1) is 12.8 Å². The standard InChI is InChI=1S/C11H11BrFNO2/c1-16-11(15)9-4-5-14(9)10-6-7(13)2-3-8(10)12/h2-3,6,9H,4-5H2,1H3. The minimum absolute atomic E-state index is 0.276. The number of ether oxygens (including phenoxy) is 1. The number of hydrogen-bond acceptors (Lipinski definition) is 3. The van der Waals surface area contributed by atoms with Crippen LogP contribution in [0.5, 0.6) is 0 Å². The van der Waals surface area contributed by atoms with Crippen molar-refractivity contribution in [1.29, 1.82) is 0 Å². The normalized spacial score (nSPS) is 19.2. The molecule has 0 radical (unpaired) electrons. The van der Waals surface area contributed by atoms with Crippen molar-refractivity contribution in [1.82, 2.24) is 0 Å². The third kappa shape index (κ3) is 1.91. The number of hydrogen-bond donors (Lipinski definition) is 0. The summed E-state index contributed by atoms with van der Waals surface area (Å²) in [6.07, 6.45) is 0.746. The summed E-state index contributed by atoms with van der Waals surface area (Å²) in [7, 11) is 1.36. The Balaban J connectivity index is 2.24. The molecule has 2 rings (SSSR count). The van der Waals surface area contributed by atoms with Gasteiger partial charge in [0, 0.05) is 11.0 Å². The first-order chi connectivity index (χ1) is 7.63. The van der Waals surface area contributed by atoms with Gasteiger partial charge in [-0.1, -0.05) is 0 Å². The van der Waals surface area contributed by atoms with Crippen LogP contribution in [-0.4, -0.2) is 25.7 Å². The first kappa shape index (κ1) is 11.4. The zero-order valence-electron chi connectivity index (χ0n) is 8.74. The van der Waals surface area contributed by atoms with E-state index in [1.165, 1.54) is 19.2 Å². The average Bonchev–Trinajstić information content (AvgIpc) is 2.21. The lowest BCUT2D eigenvalue weighted by molar-refractivity contribution is -0.143. The highest BCUT2D eigenvalue weighted by atomic mass is 79.9. The minimum atomic E-state index is -0.311. The molecule has 5 heteroatoms. The average molecular weight is 288 g/mol. The van der Waals surface area contributed by atoms with Crippen LogP contribution in [0.15, 0.2) is 22.7 Å². The molecule has 1 aromatic carbocycles. The fraction of sp³-hybridized carbons (Fsp3) is 0.364. The molecule has 1 unspecified atom stereocenters. The van der Waals surface area contributed by atoms with Crippen LogP contribution in [0.1, 0.15) is 6.42 Å². The quantitative estimate of drug-likeness (QED) is 0.782. The van der Waals surface area contributed by atoms with Crippen LogP contribution >= 0.6 is 15.9 Å². The number of methoxy groups -OCH3 is 1. The molecular weight excluding hydrogens is 277 g/mol. The molecule has 0 aromatic heterocycles. The van der Waals surface area contributed by atoms with Crippen molar-refractivity contribution in [3.63, 3.8) is 0 Å². The molecule has 1 fully saturated rings. The largest absolute Gasteiger partial charge is 0.467 e. The molecule has 0 bridgehead atoms. The van der Waals surface area contributed by atoms with Crippen LogP contribution in [0.2, 0.25) is 0 Å². The molecule has 86 valence electrons. The van der Waals surface area contributed by atoms with Crippen molar-refractivity contribution in [2.24, 2.45) is 0 Å². The Bertz CT molecular complexity index is 424. The number of anilines is 1. The number of rotatable bonds is 2. The molecule has 1 aliphatic rings. The van der Waals surface area contributed by atoms with E-state index >= 15 is 0 Å². The van der Waals surface area contributed by atoms with Crippen LogP contribution in [-0.2, 0) is 9.53 Å². The van der Waals surface area contributed by atoms with Crippen molar-refractivity contribution < 1.29 is 13.9 Å². The van der Waals surface area contributed by atoms with Crippen molar-refractivity contribution in [3.05, 3.63) is 28.5 Å². The number of nitrogens with zero attached hydrogens (tertiary/aromatic N) is 1. The lowest BCUT2D eigenvalue weighted by Gasteiger charge is -2.41. The highest BCUT2D eigenvalue weighted by molar-refractivity contribution is 9.10. The molecule has 16 heavy (non-hydrogen) atoms. The summed E-state index contributed by atoms with van der Waals surface area (Å²) in [5, 5.41) is 0.